The second-order valence-electron chi connectivity index (χ2n) is 12.6. The number of aliphatic carboxylic acids is 1. The molecular weight excluding hydrogens is 674 g/mol. The van der Waals surface area contributed by atoms with Crippen molar-refractivity contribution in [3.05, 3.63) is 117 Å². The van der Waals surface area contributed by atoms with Crippen LogP contribution in [0.3, 0.4) is 0 Å². The van der Waals surface area contributed by atoms with E-state index in [-0.39, 0.29) is 24.0 Å². The maximum Gasteiger partial charge on any atom is 0.325 e. The summed E-state index contributed by atoms with van der Waals surface area (Å²) in [6, 6.07) is 26.7. The van der Waals surface area contributed by atoms with Gasteiger partial charge in [-0.2, -0.15) is 0 Å². The van der Waals surface area contributed by atoms with E-state index >= 15 is 0 Å². The third kappa shape index (κ3) is 8.67. The van der Waals surface area contributed by atoms with Gasteiger partial charge in [-0.3, -0.25) is 14.4 Å². The summed E-state index contributed by atoms with van der Waals surface area (Å²) < 4.78 is 1.04. The predicted molar refractivity (Wildman–Crippen MR) is 190 cm³/mol. The molecular formula is C38H36BrN3O4S. The number of rotatable bonds is 11. The first kappa shape index (κ1) is 33.9. The Hall–Kier alpha value is -4.47. The number of aromatic nitrogens is 2. The number of nitrogens with one attached hydrogen (secondary N) is 1. The van der Waals surface area contributed by atoms with Crippen LogP contribution in [0.5, 0.6) is 0 Å². The Morgan fingerprint density at radius 1 is 0.787 bits per heavy atom. The van der Waals surface area contributed by atoms with Gasteiger partial charge in [-0.1, -0.05) is 97.4 Å². The first-order valence-corrected chi connectivity index (χ1v) is 16.9. The van der Waals surface area contributed by atoms with Crippen molar-refractivity contribution in [1.82, 2.24) is 15.3 Å². The summed E-state index contributed by atoms with van der Waals surface area (Å²) in [6.07, 6.45) is 3.85. The topological polar surface area (TPSA) is 109 Å². The molecule has 2 N–H and O–H groups in total. The molecule has 0 aliphatic heterocycles. The van der Waals surface area contributed by atoms with Crippen LogP contribution in [-0.2, 0) is 21.4 Å². The van der Waals surface area contributed by atoms with E-state index < -0.39 is 23.8 Å². The molecule has 2 aromatic heterocycles. The van der Waals surface area contributed by atoms with Crippen LogP contribution in [0.1, 0.15) is 54.2 Å². The molecule has 0 aliphatic carbocycles. The van der Waals surface area contributed by atoms with E-state index in [0.717, 1.165) is 42.7 Å². The number of hydrogen-bond donors (Lipinski definition) is 2. The molecule has 0 spiro atoms. The third-order valence-electron chi connectivity index (χ3n) is 7.89. The Bertz CT molecular complexity index is 1860. The lowest BCUT2D eigenvalue weighted by Crippen LogP contribution is -2.42. The number of Topliss-reactive ketones (excluding diaryl/α,β-unsaturated/α-hetero) is 1. The highest BCUT2D eigenvalue weighted by Crippen LogP contribution is 2.31. The molecule has 0 saturated heterocycles. The molecule has 5 aromatic rings. The Balaban J connectivity index is 1.28. The van der Waals surface area contributed by atoms with Gasteiger partial charge in [0.15, 0.2) is 11.6 Å². The van der Waals surface area contributed by atoms with Gasteiger partial charge in [-0.15, -0.1) is 11.3 Å². The molecule has 2 atom stereocenters. The van der Waals surface area contributed by atoms with Gasteiger partial charge in [0.2, 0.25) is 5.91 Å². The second kappa shape index (κ2) is 14.5. The fourth-order valence-electron chi connectivity index (χ4n) is 5.06. The van der Waals surface area contributed by atoms with Crippen LogP contribution >= 0.6 is 27.3 Å². The van der Waals surface area contributed by atoms with Crippen molar-refractivity contribution in [3.8, 4) is 33.6 Å². The lowest BCUT2D eigenvalue weighted by Gasteiger charge is -2.18. The van der Waals surface area contributed by atoms with E-state index in [2.05, 4.69) is 88.4 Å². The predicted octanol–water partition coefficient (Wildman–Crippen LogP) is 8.62. The molecule has 0 saturated carbocycles. The zero-order valence-electron chi connectivity index (χ0n) is 26.7. The number of ketones is 1. The highest BCUT2D eigenvalue weighted by molar-refractivity contribution is 9.10. The number of nitrogens with zero attached hydrogens (tertiary/aromatic N) is 2. The molecule has 1 amide bonds. The molecule has 47 heavy (non-hydrogen) atoms. The third-order valence-corrected chi connectivity index (χ3v) is 9.97. The molecule has 7 nitrogen and oxygen atoms in total. The molecule has 0 bridgehead atoms. The highest BCUT2D eigenvalue weighted by Gasteiger charge is 2.27. The number of carboxylic acids is 1. The highest BCUT2D eigenvalue weighted by atomic mass is 79.9. The normalized spacial score (nSPS) is 12.7. The smallest absolute Gasteiger partial charge is 0.325 e. The van der Waals surface area contributed by atoms with Crippen LogP contribution in [0.4, 0.5) is 0 Å². The summed E-state index contributed by atoms with van der Waals surface area (Å²) in [5, 5.41) is 11.9. The van der Waals surface area contributed by atoms with Gasteiger partial charge < -0.3 is 10.4 Å². The average molecular weight is 711 g/mol. The number of carboxylic acid groups (broad SMARTS) is 1. The number of thiophene rings is 1. The van der Waals surface area contributed by atoms with Crippen molar-refractivity contribution in [2.45, 2.75) is 52.0 Å². The Kier molecular flexibility index (Phi) is 10.5. The lowest BCUT2D eigenvalue weighted by atomic mass is 9.92. The van der Waals surface area contributed by atoms with Crippen LogP contribution in [0, 0.1) is 5.92 Å². The summed E-state index contributed by atoms with van der Waals surface area (Å²) in [4.78, 5) is 48.7. The molecule has 0 fully saturated rings. The Morgan fingerprint density at radius 2 is 1.32 bits per heavy atom. The number of carbonyl (C=O) groups is 3. The summed E-state index contributed by atoms with van der Waals surface area (Å²) in [6.45, 7) is 7.67. The van der Waals surface area contributed by atoms with Gasteiger partial charge in [0, 0.05) is 45.2 Å². The quantitative estimate of drug-likeness (QED) is 0.133. The first-order valence-electron chi connectivity index (χ1n) is 15.3. The summed E-state index contributed by atoms with van der Waals surface area (Å²) in [5.74, 6) is -1.90. The SMILES string of the molecule is C[C@@H](NC(=O)[C@@H](CC(=O)c1ccc(C(C)(C)C)s1)Cc1ccc(-c2ncc(-c3ccc(-c4ccc(Br)cc4)cc3)cn2)cc1)C(=O)O. The monoisotopic (exact) mass is 709 g/mol. The van der Waals surface area contributed by atoms with Gasteiger partial charge in [0.1, 0.15) is 6.04 Å². The van der Waals surface area contributed by atoms with Crippen molar-refractivity contribution in [1.29, 1.82) is 0 Å². The summed E-state index contributed by atoms with van der Waals surface area (Å²) in [7, 11) is 0. The van der Waals surface area contributed by atoms with Gasteiger partial charge in [-0.25, -0.2) is 9.97 Å². The number of halogens is 1. The van der Waals surface area contributed by atoms with Crippen LogP contribution in [0.15, 0.2) is 102 Å². The largest absolute Gasteiger partial charge is 0.480 e. The van der Waals surface area contributed by atoms with Crippen LogP contribution in [-0.4, -0.2) is 38.8 Å². The number of carbonyl (C=O) groups excluding carboxylic acids is 2. The van der Waals surface area contributed by atoms with Gasteiger partial charge in [0.25, 0.3) is 0 Å². The number of amides is 1. The zero-order valence-corrected chi connectivity index (χ0v) is 29.1. The van der Waals surface area contributed by atoms with Crippen LogP contribution < -0.4 is 5.32 Å². The molecule has 9 heteroatoms. The minimum Gasteiger partial charge on any atom is -0.480 e. The van der Waals surface area contributed by atoms with Crippen LogP contribution in [0.2, 0.25) is 0 Å². The second-order valence-corrected chi connectivity index (χ2v) is 14.6. The maximum absolute atomic E-state index is 13.3. The Morgan fingerprint density at radius 3 is 1.85 bits per heavy atom. The van der Waals surface area contributed by atoms with Crippen molar-refractivity contribution in [2.75, 3.05) is 0 Å². The minimum absolute atomic E-state index is 0.0291. The molecule has 3 aromatic carbocycles. The number of hydrogen-bond acceptors (Lipinski definition) is 6. The summed E-state index contributed by atoms with van der Waals surface area (Å²) >= 11 is 4.91. The number of benzene rings is 3. The fraction of sp³-hybridized carbons (Fsp3) is 0.237. The zero-order chi connectivity index (χ0) is 33.7. The van der Waals surface area contributed by atoms with Crippen molar-refractivity contribution in [3.63, 3.8) is 0 Å². The van der Waals surface area contributed by atoms with Gasteiger partial charge >= 0.3 is 5.97 Å². The average Bonchev–Trinajstić information content (AvgIpc) is 3.57. The van der Waals surface area contributed by atoms with Crippen molar-refractivity contribution < 1.29 is 19.5 Å². The minimum atomic E-state index is -1.13. The Labute approximate surface area is 287 Å². The molecule has 240 valence electrons. The van der Waals surface area contributed by atoms with Gasteiger partial charge in [0.05, 0.1) is 4.88 Å². The van der Waals surface area contributed by atoms with Crippen LogP contribution in [0.25, 0.3) is 33.6 Å². The van der Waals surface area contributed by atoms with E-state index in [1.54, 1.807) is 12.4 Å². The van der Waals surface area contributed by atoms with E-state index in [9.17, 15) is 19.5 Å². The standard InChI is InChI=1S/C38H36BrN3O4S/c1-23(37(45)46)42-36(44)29(20-32(43)33-17-18-34(47-33)38(2,3)4)19-24-5-7-28(8-6-24)35-40-21-30(22-41-35)27-11-9-25(10-12-27)26-13-15-31(39)16-14-26/h5-18,21-23,29H,19-20H2,1-4H3,(H,42,44)(H,45,46)/t23-,29-/m1/s1. The van der Waals surface area contributed by atoms with E-state index in [1.807, 2.05) is 48.5 Å². The van der Waals surface area contributed by atoms with Crippen molar-refractivity contribution >= 4 is 44.9 Å². The van der Waals surface area contributed by atoms with E-state index in [4.69, 9.17) is 0 Å². The summed E-state index contributed by atoms with van der Waals surface area (Å²) in [5.41, 5.74) is 5.75. The fourth-order valence-corrected chi connectivity index (χ4v) is 6.34. The molecule has 5 rings (SSSR count). The van der Waals surface area contributed by atoms with Crippen molar-refractivity contribution in [2.24, 2.45) is 5.92 Å². The molecule has 0 radical (unpaired) electrons. The maximum atomic E-state index is 13.3. The van der Waals surface area contributed by atoms with Gasteiger partial charge in [-0.05, 0) is 65.3 Å². The van der Waals surface area contributed by atoms with E-state index in [1.165, 1.54) is 18.3 Å². The first-order chi connectivity index (χ1) is 22.4. The molecule has 0 aliphatic rings. The molecule has 0 unspecified atom stereocenters. The van der Waals surface area contributed by atoms with E-state index in [0.29, 0.717) is 10.7 Å². The lowest BCUT2D eigenvalue weighted by molar-refractivity contribution is -0.141. The molecule has 2 heterocycles.